The maximum atomic E-state index is 5.69. The van der Waals surface area contributed by atoms with Crippen LogP contribution < -0.4 is 15.8 Å². The summed E-state index contributed by atoms with van der Waals surface area (Å²) in [6, 6.07) is 10.3. The van der Waals surface area contributed by atoms with Gasteiger partial charge in [0.25, 0.3) is 0 Å². The van der Waals surface area contributed by atoms with Crippen molar-refractivity contribution in [2.75, 3.05) is 12.8 Å². The molecule has 110 valence electrons. The summed E-state index contributed by atoms with van der Waals surface area (Å²) in [6.07, 6.45) is 4.22. The molecule has 1 saturated carbocycles. The molecule has 1 aromatic carbocycles. The van der Waals surface area contributed by atoms with Crippen molar-refractivity contribution in [3.63, 3.8) is 0 Å². The summed E-state index contributed by atoms with van der Waals surface area (Å²) in [5, 5.41) is 3.56. The largest absolute Gasteiger partial charge is 0.497 e. The molecule has 1 aliphatic rings. The molecule has 0 radical (unpaired) electrons. The van der Waals surface area contributed by atoms with Gasteiger partial charge in [-0.15, -0.1) is 0 Å². The lowest BCUT2D eigenvalue weighted by Gasteiger charge is -2.18. The number of aromatic nitrogens is 2. The van der Waals surface area contributed by atoms with Gasteiger partial charge in [0.1, 0.15) is 17.4 Å². The monoisotopic (exact) mass is 284 g/mol. The molecule has 21 heavy (non-hydrogen) atoms. The predicted octanol–water partition coefficient (Wildman–Crippen LogP) is 2.31. The average Bonchev–Trinajstić information content (AvgIpc) is 3.33. The molecule has 0 spiro atoms. The SMILES string of the molecule is COc1ccc(C(NCc2nccc(N)n2)C2CC2)cc1. The fourth-order valence-corrected chi connectivity index (χ4v) is 2.50. The van der Waals surface area contributed by atoms with E-state index in [1.165, 1.54) is 18.4 Å². The minimum Gasteiger partial charge on any atom is -0.497 e. The van der Waals surface area contributed by atoms with Gasteiger partial charge in [-0.1, -0.05) is 12.1 Å². The van der Waals surface area contributed by atoms with E-state index in [1.807, 2.05) is 12.1 Å². The van der Waals surface area contributed by atoms with Gasteiger partial charge in [0.15, 0.2) is 0 Å². The number of benzene rings is 1. The number of anilines is 1. The molecule has 2 aromatic rings. The fourth-order valence-electron chi connectivity index (χ4n) is 2.50. The summed E-state index contributed by atoms with van der Waals surface area (Å²) in [5.41, 5.74) is 6.97. The Morgan fingerprint density at radius 3 is 2.67 bits per heavy atom. The first-order chi connectivity index (χ1) is 10.3. The number of ether oxygens (including phenoxy) is 1. The quantitative estimate of drug-likeness (QED) is 0.851. The lowest BCUT2D eigenvalue weighted by molar-refractivity contribution is 0.413. The second-order valence-corrected chi connectivity index (χ2v) is 5.37. The van der Waals surface area contributed by atoms with Crippen molar-refractivity contribution < 1.29 is 4.74 Å². The van der Waals surface area contributed by atoms with Gasteiger partial charge in [0, 0.05) is 12.2 Å². The van der Waals surface area contributed by atoms with Gasteiger partial charge >= 0.3 is 0 Å². The Morgan fingerprint density at radius 1 is 1.29 bits per heavy atom. The number of nitrogen functional groups attached to an aromatic ring is 1. The molecular formula is C16H20N4O. The molecular weight excluding hydrogens is 264 g/mol. The van der Waals surface area contributed by atoms with Crippen LogP contribution in [0.1, 0.15) is 30.3 Å². The summed E-state index contributed by atoms with van der Waals surface area (Å²) in [5.74, 6) is 2.82. The fraction of sp³-hybridized carbons (Fsp3) is 0.375. The van der Waals surface area contributed by atoms with E-state index < -0.39 is 0 Å². The number of methoxy groups -OCH3 is 1. The Labute approximate surface area is 124 Å². The van der Waals surface area contributed by atoms with Gasteiger partial charge in [0.2, 0.25) is 0 Å². The lowest BCUT2D eigenvalue weighted by atomic mass is 10.0. The van der Waals surface area contributed by atoms with Crippen molar-refractivity contribution in [1.29, 1.82) is 0 Å². The summed E-state index contributed by atoms with van der Waals surface area (Å²) in [6.45, 7) is 0.623. The van der Waals surface area contributed by atoms with Gasteiger partial charge in [-0.3, -0.25) is 0 Å². The van der Waals surface area contributed by atoms with E-state index in [4.69, 9.17) is 10.5 Å². The molecule has 5 nitrogen and oxygen atoms in total. The topological polar surface area (TPSA) is 73.1 Å². The molecule has 5 heteroatoms. The van der Waals surface area contributed by atoms with Crippen molar-refractivity contribution in [3.05, 3.63) is 47.9 Å². The van der Waals surface area contributed by atoms with E-state index >= 15 is 0 Å². The van der Waals surface area contributed by atoms with Crippen LogP contribution in [0.3, 0.4) is 0 Å². The second kappa shape index (κ2) is 6.10. The zero-order chi connectivity index (χ0) is 14.7. The zero-order valence-electron chi connectivity index (χ0n) is 12.1. The number of hydrogen-bond donors (Lipinski definition) is 2. The molecule has 1 fully saturated rings. The zero-order valence-corrected chi connectivity index (χ0v) is 12.1. The highest BCUT2D eigenvalue weighted by Crippen LogP contribution is 2.41. The van der Waals surface area contributed by atoms with Crippen LogP contribution in [-0.4, -0.2) is 17.1 Å². The van der Waals surface area contributed by atoms with E-state index in [2.05, 4.69) is 27.4 Å². The first-order valence-corrected chi connectivity index (χ1v) is 7.21. The molecule has 1 atom stereocenters. The van der Waals surface area contributed by atoms with Crippen molar-refractivity contribution in [1.82, 2.24) is 15.3 Å². The smallest absolute Gasteiger partial charge is 0.144 e. The van der Waals surface area contributed by atoms with Crippen LogP contribution in [0.5, 0.6) is 5.75 Å². The lowest BCUT2D eigenvalue weighted by Crippen LogP contribution is -2.23. The second-order valence-electron chi connectivity index (χ2n) is 5.37. The average molecular weight is 284 g/mol. The van der Waals surface area contributed by atoms with Crippen molar-refractivity contribution in [3.8, 4) is 5.75 Å². The highest BCUT2D eigenvalue weighted by molar-refractivity contribution is 5.30. The van der Waals surface area contributed by atoms with Crippen LogP contribution in [0.4, 0.5) is 5.82 Å². The van der Waals surface area contributed by atoms with Crippen molar-refractivity contribution >= 4 is 5.82 Å². The van der Waals surface area contributed by atoms with Crippen LogP contribution >= 0.6 is 0 Å². The molecule has 1 heterocycles. The Bertz CT molecular complexity index is 595. The number of nitrogens with two attached hydrogens (primary N) is 1. The number of nitrogens with zero attached hydrogens (tertiary/aromatic N) is 2. The third kappa shape index (κ3) is 3.49. The summed E-state index contributed by atoms with van der Waals surface area (Å²) in [7, 11) is 1.68. The van der Waals surface area contributed by atoms with Crippen LogP contribution in [0.15, 0.2) is 36.5 Å². The van der Waals surface area contributed by atoms with Gasteiger partial charge in [-0.25, -0.2) is 9.97 Å². The molecule has 1 aromatic heterocycles. The number of nitrogens with one attached hydrogen (secondary N) is 1. The predicted molar refractivity (Wildman–Crippen MR) is 81.7 cm³/mol. The van der Waals surface area contributed by atoms with E-state index in [1.54, 1.807) is 19.4 Å². The van der Waals surface area contributed by atoms with Crippen molar-refractivity contribution in [2.45, 2.75) is 25.4 Å². The molecule has 0 aliphatic heterocycles. The standard InChI is InChI=1S/C16H20N4O/c1-21-13-6-4-12(5-7-13)16(11-2-3-11)19-10-15-18-9-8-14(17)20-15/h4-9,11,16,19H,2-3,10H2,1H3,(H2,17,18,20). The third-order valence-electron chi connectivity index (χ3n) is 3.78. The maximum absolute atomic E-state index is 5.69. The first-order valence-electron chi connectivity index (χ1n) is 7.21. The third-order valence-corrected chi connectivity index (χ3v) is 3.78. The van der Waals surface area contributed by atoms with E-state index in [-0.39, 0.29) is 0 Å². The van der Waals surface area contributed by atoms with E-state index in [0.717, 1.165) is 11.6 Å². The number of hydrogen-bond acceptors (Lipinski definition) is 5. The summed E-state index contributed by atoms with van der Waals surface area (Å²) >= 11 is 0. The van der Waals surface area contributed by atoms with E-state index in [0.29, 0.717) is 24.3 Å². The normalized spacial score (nSPS) is 15.7. The van der Waals surface area contributed by atoms with Crippen LogP contribution in [0, 0.1) is 5.92 Å². The van der Waals surface area contributed by atoms with Crippen LogP contribution in [0.2, 0.25) is 0 Å². The summed E-state index contributed by atoms with van der Waals surface area (Å²) < 4.78 is 5.21. The van der Waals surface area contributed by atoms with Crippen molar-refractivity contribution in [2.24, 2.45) is 5.92 Å². The Balaban J connectivity index is 1.69. The highest BCUT2D eigenvalue weighted by Gasteiger charge is 2.32. The Kier molecular flexibility index (Phi) is 4.01. The first kappa shape index (κ1) is 13.8. The molecule has 3 rings (SSSR count). The highest BCUT2D eigenvalue weighted by atomic mass is 16.5. The Morgan fingerprint density at radius 2 is 2.05 bits per heavy atom. The maximum Gasteiger partial charge on any atom is 0.144 e. The molecule has 0 amide bonds. The molecule has 3 N–H and O–H groups in total. The van der Waals surface area contributed by atoms with Crippen LogP contribution in [-0.2, 0) is 6.54 Å². The van der Waals surface area contributed by atoms with Gasteiger partial charge in [-0.05, 0) is 42.5 Å². The summed E-state index contributed by atoms with van der Waals surface area (Å²) in [4.78, 5) is 8.47. The van der Waals surface area contributed by atoms with Gasteiger partial charge in [-0.2, -0.15) is 0 Å². The van der Waals surface area contributed by atoms with Gasteiger partial charge in [0.05, 0.1) is 13.7 Å². The molecule has 0 saturated heterocycles. The molecule has 0 bridgehead atoms. The minimum atomic E-state index is 0.334. The van der Waals surface area contributed by atoms with Crippen LogP contribution in [0.25, 0.3) is 0 Å². The molecule has 1 aliphatic carbocycles. The molecule has 1 unspecified atom stereocenters. The van der Waals surface area contributed by atoms with Gasteiger partial charge < -0.3 is 15.8 Å². The minimum absolute atomic E-state index is 0.334. The Hall–Kier alpha value is -2.14. The van der Waals surface area contributed by atoms with E-state index in [9.17, 15) is 0 Å². The number of rotatable bonds is 6.